The number of amides is 2. The monoisotopic (exact) mass is 531 g/mol. The van der Waals surface area contributed by atoms with Crippen LogP contribution in [0.1, 0.15) is 58.8 Å². The highest BCUT2D eigenvalue weighted by molar-refractivity contribution is 7.78. The summed E-state index contributed by atoms with van der Waals surface area (Å²) in [6, 6.07) is 12.2. The van der Waals surface area contributed by atoms with E-state index in [4.69, 9.17) is 25.1 Å². The Kier molecular flexibility index (Phi) is 13.0. The van der Waals surface area contributed by atoms with Crippen LogP contribution in [0, 0.1) is 6.92 Å². The Morgan fingerprint density at radius 3 is 2.54 bits per heavy atom. The van der Waals surface area contributed by atoms with E-state index in [0.717, 1.165) is 62.6 Å². The molecule has 0 radical (unpaired) electrons. The second kappa shape index (κ2) is 15.9. The standard InChI is InChI=1S/C21H24N2O3S.C5H11NO.CH2O2/c1-15-11-16(12-22-7-9-25-10-8-22)5-6-17(15)14-26-20-4-2-3-18-19(20)13-23(27)21(18)24;1-2-3-4-5(6)7;2-1-3/h2-6,11,27H,7-10,12-14H2,1H3;2-4H2,1H3,(H2,6,7);1H,(H,2,3). The van der Waals surface area contributed by atoms with Gasteiger partial charge in [-0.3, -0.25) is 23.6 Å². The van der Waals surface area contributed by atoms with E-state index in [1.807, 2.05) is 25.1 Å². The van der Waals surface area contributed by atoms with E-state index < -0.39 is 0 Å². The van der Waals surface area contributed by atoms with E-state index in [9.17, 15) is 9.59 Å². The fourth-order valence-electron chi connectivity index (χ4n) is 3.97. The van der Waals surface area contributed by atoms with Gasteiger partial charge < -0.3 is 20.3 Å². The molecule has 1 saturated heterocycles. The zero-order chi connectivity index (χ0) is 27.2. The predicted molar refractivity (Wildman–Crippen MR) is 144 cm³/mol. The minimum atomic E-state index is -0.250. The van der Waals surface area contributed by atoms with Gasteiger partial charge in [0.15, 0.2) is 0 Å². The molecular weight excluding hydrogens is 494 g/mol. The van der Waals surface area contributed by atoms with Crippen LogP contribution in [-0.2, 0) is 34.0 Å². The Labute approximate surface area is 224 Å². The van der Waals surface area contributed by atoms with Gasteiger partial charge in [-0.05, 0) is 42.2 Å². The Morgan fingerprint density at radius 2 is 1.95 bits per heavy atom. The van der Waals surface area contributed by atoms with Crippen molar-refractivity contribution in [3.05, 3.63) is 64.2 Å². The second-order valence-electron chi connectivity index (χ2n) is 8.76. The van der Waals surface area contributed by atoms with Gasteiger partial charge >= 0.3 is 0 Å². The van der Waals surface area contributed by atoms with Crippen LogP contribution < -0.4 is 10.5 Å². The number of thiol groups is 1. The van der Waals surface area contributed by atoms with Crippen molar-refractivity contribution in [3.63, 3.8) is 0 Å². The van der Waals surface area contributed by atoms with E-state index in [1.54, 1.807) is 0 Å². The van der Waals surface area contributed by atoms with Crippen molar-refractivity contribution >= 4 is 31.1 Å². The number of benzene rings is 2. The normalized spacial score (nSPS) is 14.6. The van der Waals surface area contributed by atoms with Crippen molar-refractivity contribution in [2.45, 2.75) is 52.8 Å². The van der Waals surface area contributed by atoms with E-state index in [1.165, 1.54) is 15.4 Å². The van der Waals surface area contributed by atoms with Crippen molar-refractivity contribution < 1.29 is 29.0 Å². The number of nitrogens with zero attached hydrogens (tertiary/aromatic N) is 2. The number of aryl methyl sites for hydroxylation is 1. The van der Waals surface area contributed by atoms with Gasteiger partial charge in [0.05, 0.1) is 19.8 Å². The minimum absolute atomic E-state index is 0.0672. The molecule has 0 bridgehead atoms. The number of ether oxygens (including phenoxy) is 2. The van der Waals surface area contributed by atoms with Gasteiger partial charge in [-0.1, -0.05) is 50.4 Å². The first kappa shape index (κ1) is 30.1. The minimum Gasteiger partial charge on any atom is -0.489 e. The summed E-state index contributed by atoms with van der Waals surface area (Å²) in [5.41, 5.74) is 10.1. The van der Waals surface area contributed by atoms with E-state index in [-0.39, 0.29) is 18.3 Å². The lowest BCUT2D eigenvalue weighted by Crippen LogP contribution is -2.35. The van der Waals surface area contributed by atoms with Gasteiger partial charge in [-0.2, -0.15) is 0 Å². The lowest BCUT2D eigenvalue weighted by molar-refractivity contribution is -0.123. The van der Waals surface area contributed by atoms with Gasteiger partial charge in [0.1, 0.15) is 12.4 Å². The van der Waals surface area contributed by atoms with Gasteiger partial charge in [-0.25, -0.2) is 0 Å². The van der Waals surface area contributed by atoms with E-state index in [2.05, 4.69) is 42.8 Å². The molecule has 2 heterocycles. The van der Waals surface area contributed by atoms with Crippen LogP contribution in [0.15, 0.2) is 36.4 Å². The summed E-state index contributed by atoms with van der Waals surface area (Å²) in [5.74, 6) is 0.499. The van der Waals surface area contributed by atoms with Crippen LogP contribution in [0.25, 0.3) is 0 Å². The first-order valence-corrected chi connectivity index (χ1v) is 12.7. The first-order valence-electron chi connectivity index (χ1n) is 12.3. The third-order valence-corrected chi connectivity index (χ3v) is 6.31. The molecular formula is C27H37N3O6S. The molecule has 1 fully saturated rings. The molecule has 3 N–H and O–H groups in total. The highest BCUT2D eigenvalue weighted by atomic mass is 32.1. The number of unbranched alkanes of at least 4 members (excludes halogenated alkanes) is 1. The number of carboxylic acid groups (broad SMARTS) is 1. The second-order valence-corrected chi connectivity index (χ2v) is 9.24. The van der Waals surface area contributed by atoms with Gasteiger partial charge in [-0.15, -0.1) is 0 Å². The molecule has 10 heteroatoms. The topological polar surface area (TPSA) is 122 Å². The SMILES string of the molecule is CCCCC(N)=O.Cc1cc(CN2CCOCC2)ccc1COc1cccc2c1CN(S)C2=O.O=CO. The quantitative estimate of drug-likeness (QED) is 0.352. The number of primary amides is 1. The molecule has 202 valence electrons. The molecule has 2 aliphatic rings. The van der Waals surface area contributed by atoms with Crippen molar-refractivity contribution in [3.8, 4) is 5.75 Å². The maximum absolute atomic E-state index is 12.1. The van der Waals surface area contributed by atoms with Gasteiger partial charge in [0.25, 0.3) is 12.4 Å². The Balaban J connectivity index is 0.000000413. The molecule has 0 spiro atoms. The third-order valence-electron chi connectivity index (χ3n) is 5.98. The molecule has 9 nitrogen and oxygen atoms in total. The lowest BCUT2D eigenvalue weighted by atomic mass is 10.0. The lowest BCUT2D eigenvalue weighted by Gasteiger charge is -2.26. The maximum Gasteiger partial charge on any atom is 0.290 e. The molecule has 2 aromatic rings. The highest BCUT2D eigenvalue weighted by Gasteiger charge is 2.28. The molecule has 2 aromatic carbocycles. The largest absolute Gasteiger partial charge is 0.489 e. The van der Waals surface area contributed by atoms with Crippen molar-refractivity contribution in [1.29, 1.82) is 0 Å². The summed E-state index contributed by atoms with van der Waals surface area (Å²) >= 11 is 4.22. The Bertz CT molecular complexity index is 1040. The number of carbonyl (C=O) groups excluding carboxylic acids is 2. The molecule has 37 heavy (non-hydrogen) atoms. The molecule has 2 aliphatic heterocycles. The number of morpholine rings is 1. The van der Waals surface area contributed by atoms with Crippen molar-refractivity contribution in [1.82, 2.24) is 9.21 Å². The fourth-order valence-corrected chi connectivity index (χ4v) is 4.22. The number of hydrogen-bond acceptors (Lipinski definition) is 7. The number of carbonyl (C=O) groups is 3. The maximum atomic E-state index is 12.1. The molecule has 2 amide bonds. The zero-order valence-corrected chi connectivity index (χ0v) is 22.4. The summed E-state index contributed by atoms with van der Waals surface area (Å²) in [6.07, 6.45) is 2.51. The average Bonchev–Trinajstić information content (AvgIpc) is 3.18. The van der Waals surface area contributed by atoms with Crippen LogP contribution in [0.4, 0.5) is 0 Å². The number of nitrogens with two attached hydrogens (primary N) is 1. The molecule has 0 saturated carbocycles. The van der Waals surface area contributed by atoms with Gasteiger partial charge in [0, 0.05) is 37.2 Å². The molecule has 0 aromatic heterocycles. The van der Waals surface area contributed by atoms with Crippen molar-refractivity contribution in [2.24, 2.45) is 5.73 Å². The fraction of sp³-hybridized carbons (Fsp3) is 0.444. The average molecular weight is 532 g/mol. The Morgan fingerprint density at radius 1 is 1.24 bits per heavy atom. The summed E-state index contributed by atoms with van der Waals surface area (Å²) in [5, 5.41) is 6.89. The van der Waals surface area contributed by atoms with E-state index in [0.29, 0.717) is 25.1 Å². The van der Waals surface area contributed by atoms with Crippen molar-refractivity contribution in [2.75, 3.05) is 26.3 Å². The summed E-state index contributed by atoms with van der Waals surface area (Å²) < 4.78 is 12.9. The van der Waals surface area contributed by atoms with Crippen LogP contribution in [0.3, 0.4) is 0 Å². The summed E-state index contributed by atoms with van der Waals surface area (Å²) in [6.45, 7) is 9.44. The molecule has 0 atom stereocenters. The summed E-state index contributed by atoms with van der Waals surface area (Å²) in [7, 11) is 0. The van der Waals surface area contributed by atoms with Crippen LogP contribution in [0.2, 0.25) is 0 Å². The molecule has 0 unspecified atom stereocenters. The number of fused-ring (bicyclic) bond motifs is 1. The number of hydrogen-bond donors (Lipinski definition) is 3. The van der Waals surface area contributed by atoms with Gasteiger partial charge in [0.2, 0.25) is 5.91 Å². The van der Waals surface area contributed by atoms with Crippen LogP contribution in [-0.4, -0.2) is 58.9 Å². The first-order chi connectivity index (χ1) is 17.8. The number of rotatable bonds is 8. The smallest absolute Gasteiger partial charge is 0.290 e. The van der Waals surface area contributed by atoms with Crippen LogP contribution in [0.5, 0.6) is 5.75 Å². The summed E-state index contributed by atoms with van der Waals surface area (Å²) in [4.78, 5) is 32.8. The molecule has 0 aliphatic carbocycles. The predicted octanol–water partition coefficient (Wildman–Crippen LogP) is 3.57. The zero-order valence-electron chi connectivity index (χ0n) is 21.5. The van der Waals surface area contributed by atoms with E-state index >= 15 is 0 Å². The Hall–Kier alpha value is -3.08. The molecule has 4 rings (SSSR count). The van der Waals surface area contributed by atoms with Crippen LogP contribution >= 0.6 is 12.8 Å². The highest BCUT2D eigenvalue weighted by Crippen LogP contribution is 2.32. The third kappa shape index (κ3) is 9.71.